The van der Waals surface area contributed by atoms with Gasteiger partial charge in [0.25, 0.3) is 0 Å². The van der Waals surface area contributed by atoms with Gasteiger partial charge in [-0.15, -0.1) is 0 Å². The predicted octanol–water partition coefficient (Wildman–Crippen LogP) is 2.15. The van der Waals surface area contributed by atoms with Gasteiger partial charge in [0.05, 0.1) is 6.61 Å². The molecular weight excluding hydrogens is 180 g/mol. The van der Waals surface area contributed by atoms with Crippen LogP contribution in [0.3, 0.4) is 0 Å². The molecular formula is C11H14O3. The van der Waals surface area contributed by atoms with Crippen molar-refractivity contribution in [2.45, 2.75) is 19.8 Å². The minimum absolute atomic E-state index is 0.639. The number of benzene rings is 1. The first kappa shape index (κ1) is 10.7. The van der Waals surface area contributed by atoms with Crippen LogP contribution in [0.25, 0.3) is 0 Å². The fourth-order valence-corrected chi connectivity index (χ4v) is 1.05. The third-order valence-electron chi connectivity index (χ3n) is 1.74. The van der Waals surface area contributed by atoms with Crippen LogP contribution in [0, 0.1) is 0 Å². The molecule has 3 heteroatoms. The van der Waals surface area contributed by atoms with Gasteiger partial charge < -0.3 is 9.68 Å². The molecule has 2 rings (SSSR count). The maximum Gasteiger partial charge on any atom is 0.168 e. The molecule has 0 saturated carbocycles. The van der Waals surface area contributed by atoms with E-state index in [0.717, 1.165) is 18.5 Å². The summed E-state index contributed by atoms with van der Waals surface area (Å²) in [7, 11) is 0. The van der Waals surface area contributed by atoms with Gasteiger partial charge in [-0.3, -0.25) is 0 Å². The van der Waals surface area contributed by atoms with Gasteiger partial charge in [0.15, 0.2) is 5.75 Å². The van der Waals surface area contributed by atoms with E-state index in [4.69, 9.17) is 9.78 Å². The number of rotatable bonds is 1. The highest BCUT2D eigenvalue weighted by atomic mass is 17.2. The van der Waals surface area contributed by atoms with E-state index in [1.807, 2.05) is 25.1 Å². The SMILES string of the molecule is CCC=O.c1ccc2c(c1)CCOO2. The third kappa shape index (κ3) is 3.18. The van der Waals surface area contributed by atoms with Gasteiger partial charge in [0, 0.05) is 18.4 Å². The van der Waals surface area contributed by atoms with Crippen molar-refractivity contribution in [3.05, 3.63) is 29.8 Å². The molecule has 0 N–H and O–H groups in total. The zero-order valence-corrected chi connectivity index (χ0v) is 8.23. The topological polar surface area (TPSA) is 35.5 Å². The van der Waals surface area contributed by atoms with Crippen LogP contribution in [0.5, 0.6) is 5.75 Å². The van der Waals surface area contributed by atoms with Crippen molar-refractivity contribution in [3.8, 4) is 5.75 Å². The van der Waals surface area contributed by atoms with Crippen LogP contribution in [0.4, 0.5) is 0 Å². The lowest BCUT2D eigenvalue weighted by Gasteiger charge is -2.14. The maximum absolute atomic E-state index is 9.17. The lowest BCUT2D eigenvalue weighted by Crippen LogP contribution is -2.10. The van der Waals surface area contributed by atoms with E-state index in [9.17, 15) is 4.79 Å². The summed E-state index contributed by atoms with van der Waals surface area (Å²) >= 11 is 0. The summed E-state index contributed by atoms with van der Waals surface area (Å²) in [6.07, 6.45) is 2.47. The Hall–Kier alpha value is -1.35. The molecule has 0 radical (unpaired) electrons. The molecule has 0 atom stereocenters. The smallest absolute Gasteiger partial charge is 0.168 e. The van der Waals surface area contributed by atoms with Gasteiger partial charge in [-0.25, -0.2) is 0 Å². The predicted molar refractivity (Wildman–Crippen MR) is 53.1 cm³/mol. The zero-order valence-electron chi connectivity index (χ0n) is 8.23. The first-order valence-corrected chi connectivity index (χ1v) is 4.69. The Balaban J connectivity index is 0.000000213. The molecule has 76 valence electrons. The minimum Gasteiger partial charge on any atom is -0.337 e. The highest BCUT2D eigenvalue weighted by Crippen LogP contribution is 2.21. The van der Waals surface area contributed by atoms with E-state index in [1.54, 1.807) is 0 Å². The van der Waals surface area contributed by atoms with Crippen molar-refractivity contribution in [2.75, 3.05) is 6.61 Å². The number of hydrogen-bond acceptors (Lipinski definition) is 3. The van der Waals surface area contributed by atoms with Crippen molar-refractivity contribution < 1.29 is 14.6 Å². The van der Waals surface area contributed by atoms with Crippen LogP contribution in [-0.4, -0.2) is 12.9 Å². The largest absolute Gasteiger partial charge is 0.337 e. The van der Waals surface area contributed by atoms with Crippen LogP contribution >= 0.6 is 0 Å². The normalized spacial score (nSPS) is 12.9. The number of para-hydroxylation sites is 1. The second-order valence-electron chi connectivity index (χ2n) is 2.84. The van der Waals surface area contributed by atoms with Gasteiger partial charge in [-0.05, 0) is 6.07 Å². The summed E-state index contributed by atoms with van der Waals surface area (Å²) in [6.45, 7) is 2.48. The zero-order chi connectivity index (χ0) is 10.2. The molecule has 14 heavy (non-hydrogen) atoms. The van der Waals surface area contributed by atoms with E-state index in [-0.39, 0.29) is 0 Å². The van der Waals surface area contributed by atoms with Gasteiger partial charge in [0.1, 0.15) is 6.29 Å². The van der Waals surface area contributed by atoms with Crippen molar-refractivity contribution in [1.82, 2.24) is 0 Å². The second kappa shape index (κ2) is 6.16. The van der Waals surface area contributed by atoms with E-state index in [1.165, 1.54) is 5.56 Å². The Morgan fingerprint density at radius 1 is 1.43 bits per heavy atom. The lowest BCUT2D eigenvalue weighted by atomic mass is 10.1. The molecule has 0 fully saturated rings. The maximum atomic E-state index is 9.17. The average molecular weight is 194 g/mol. The Morgan fingerprint density at radius 3 is 2.79 bits per heavy atom. The Morgan fingerprint density at radius 2 is 2.14 bits per heavy atom. The summed E-state index contributed by atoms with van der Waals surface area (Å²) in [4.78, 5) is 18.9. The second-order valence-corrected chi connectivity index (χ2v) is 2.84. The van der Waals surface area contributed by atoms with Crippen LogP contribution in [0.1, 0.15) is 18.9 Å². The number of carbonyl (C=O) groups excluding carboxylic acids is 1. The van der Waals surface area contributed by atoms with E-state index >= 15 is 0 Å². The monoisotopic (exact) mass is 194 g/mol. The summed E-state index contributed by atoms with van der Waals surface area (Å²) in [5.74, 6) is 0.855. The van der Waals surface area contributed by atoms with Crippen molar-refractivity contribution >= 4 is 6.29 Å². The van der Waals surface area contributed by atoms with Crippen LogP contribution < -0.4 is 4.89 Å². The van der Waals surface area contributed by atoms with E-state index in [0.29, 0.717) is 13.0 Å². The van der Waals surface area contributed by atoms with Gasteiger partial charge in [-0.2, -0.15) is 4.89 Å². The first-order valence-electron chi connectivity index (χ1n) is 4.69. The molecule has 0 spiro atoms. The molecule has 0 aliphatic carbocycles. The number of carbonyl (C=O) groups is 1. The van der Waals surface area contributed by atoms with Crippen molar-refractivity contribution in [2.24, 2.45) is 0 Å². The van der Waals surface area contributed by atoms with E-state index in [2.05, 4.69) is 6.07 Å². The van der Waals surface area contributed by atoms with Crippen LogP contribution in [0.2, 0.25) is 0 Å². The van der Waals surface area contributed by atoms with E-state index < -0.39 is 0 Å². The minimum atomic E-state index is 0.639. The van der Waals surface area contributed by atoms with Crippen molar-refractivity contribution in [3.63, 3.8) is 0 Å². The molecule has 0 aromatic heterocycles. The highest BCUT2D eigenvalue weighted by molar-refractivity contribution is 5.48. The van der Waals surface area contributed by atoms with Gasteiger partial charge in [0.2, 0.25) is 0 Å². The standard InChI is InChI=1S/C8H8O2.C3H6O/c1-2-4-8-7(3-1)5-6-9-10-8;1-2-3-4/h1-4H,5-6H2;3H,2H2,1H3. The Bertz CT molecular complexity index is 259. The number of hydrogen-bond donors (Lipinski definition) is 0. The molecule has 0 saturated heterocycles. The summed E-state index contributed by atoms with van der Waals surface area (Å²) in [6, 6.07) is 7.91. The summed E-state index contributed by atoms with van der Waals surface area (Å²) < 4.78 is 0. The van der Waals surface area contributed by atoms with Crippen LogP contribution in [-0.2, 0) is 16.1 Å². The number of fused-ring (bicyclic) bond motifs is 1. The molecule has 0 amide bonds. The average Bonchev–Trinajstić information content (AvgIpc) is 2.30. The molecule has 3 nitrogen and oxygen atoms in total. The highest BCUT2D eigenvalue weighted by Gasteiger charge is 2.08. The first-order chi connectivity index (χ1) is 6.88. The van der Waals surface area contributed by atoms with Crippen molar-refractivity contribution in [1.29, 1.82) is 0 Å². The Labute approximate surface area is 83.6 Å². The van der Waals surface area contributed by atoms with Crippen LogP contribution in [0.15, 0.2) is 24.3 Å². The summed E-state index contributed by atoms with van der Waals surface area (Å²) in [5, 5.41) is 0. The third-order valence-corrected chi connectivity index (χ3v) is 1.74. The van der Waals surface area contributed by atoms with Gasteiger partial charge >= 0.3 is 0 Å². The van der Waals surface area contributed by atoms with Gasteiger partial charge in [-0.1, -0.05) is 25.1 Å². The lowest BCUT2D eigenvalue weighted by molar-refractivity contribution is -0.215. The molecule has 1 heterocycles. The molecule has 1 aliphatic heterocycles. The fourth-order valence-electron chi connectivity index (χ4n) is 1.05. The Kier molecular flexibility index (Phi) is 4.72. The molecule has 1 aromatic rings. The number of aldehydes is 1. The quantitative estimate of drug-likeness (QED) is 0.507. The summed E-state index contributed by atoms with van der Waals surface area (Å²) in [5.41, 5.74) is 1.23. The molecule has 1 aliphatic rings. The fraction of sp³-hybridized carbons (Fsp3) is 0.364. The molecule has 0 bridgehead atoms. The molecule has 0 unspecified atom stereocenters. The molecule has 1 aromatic carbocycles.